The molecule has 0 radical (unpaired) electrons. The van der Waals surface area contributed by atoms with Crippen LogP contribution in [-0.4, -0.2) is 62.7 Å². The zero-order valence-electron chi connectivity index (χ0n) is 10.0. The number of aliphatic carboxylic acids is 1. The molecule has 7 nitrogen and oxygen atoms in total. The lowest BCUT2D eigenvalue weighted by atomic mass is 10.0. The van der Waals surface area contributed by atoms with E-state index in [1.54, 1.807) is 20.8 Å². The van der Waals surface area contributed by atoms with Crippen molar-refractivity contribution in [3.05, 3.63) is 0 Å². The van der Waals surface area contributed by atoms with Crippen LogP contribution in [0.5, 0.6) is 0 Å². The van der Waals surface area contributed by atoms with Gasteiger partial charge in [-0.1, -0.05) is 0 Å². The van der Waals surface area contributed by atoms with E-state index < -0.39 is 35.9 Å². The summed E-state index contributed by atoms with van der Waals surface area (Å²) in [6.07, 6.45) is -2.28. The van der Waals surface area contributed by atoms with Crippen LogP contribution < -0.4 is 0 Å². The Labute approximate surface area is 98.6 Å². The Hall–Kier alpha value is -1.34. The molecule has 0 aromatic carbocycles. The van der Waals surface area contributed by atoms with Crippen molar-refractivity contribution in [1.82, 2.24) is 4.90 Å². The molecule has 1 rings (SSSR count). The van der Waals surface area contributed by atoms with Crippen LogP contribution in [0, 0.1) is 0 Å². The molecule has 1 saturated heterocycles. The molecule has 7 heteroatoms. The summed E-state index contributed by atoms with van der Waals surface area (Å²) in [5, 5.41) is 27.9. The van der Waals surface area contributed by atoms with Crippen molar-refractivity contribution in [1.29, 1.82) is 0 Å². The maximum atomic E-state index is 11.6. The molecule has 2 atom stereocenters. The van der Waals surface area contributed by atoms with Gasteiger partial charge in [0.2, 0.25) is 5.60 Å². The first-order valence-electron chi connectivity index (χ1n) is 5.18. The molecule has 0 aromatic rings. The minimum absolute atomic E-state index is 0.266. The van der Waals surface area contributed by atoms with Gasteiger partial charge in [0.25, 0.3) is 0 Å². The van der Waals surface area contributed by atoms with Crippen molar-refractivity contribution in [2.24, 2.45) is 0 Å². The lowest BCUT2D eigenvalue weighted by Crippen LogP contribution is -2.49. The van der Waals surface area contributed by atoms with Gasteiger partial charge in [0.1, 0.15) is 11.7 Å². The number of likely N-dealkylation sites (tertiary alicyclic amines) is 1. The molecule has 0 aromatic heterocycles. The average Bonchev–Trinajstić information content (AvgIpc) is 2.42. The van der Waals surface area contributed by atoms with Crippen LogP contribution in [0.2, 0.25) is 0 Å². The maximum Gasteiger partial charge on any atom is 0.410 e. The Bertz CT molecular complexity index is 336. The van der Waals surface area contributed by atoms with Gasteiger partial charge in [0, 0.05) is 0 Å². The number of amides is 1. The van der Waals surface area contributed by atoms with Gasteiger partial charge in [-0.25, -0.2) is 9.59 Å². The van der Waals surface area contributed by atoms with Gasteiger partial charge in [-0.15, -0.1) is 0 Å². The molecule has 0 unspecified atom stereocenters. The molecule has 1 fully saturated rings. The predicted octanol–water partition coefficient (Wildman–Crippen LogP) is -0.586. The lowest BCUT2D eigenvalue weighted by molar-refractivity contribution is -0.165. The molecule has 0 spiro atoms. The fourth-order valence-corrected chi connectivity index (χ4v) is 1.50. The van der Waals surface area contributed by atoms with Gasteiger partial charge >= 0.3 is 12.1 Å². The fourth-order valence-electron chi connectivity index (χ4n) is 1.50. The van der Waals surface area contributed by atoms with Crippen LogP contribution in [-0.2, 0) is 9.53 Å². The van der Waals surface area contributed by atoms with Crippen LogP contribution in [0.25, 0.3) is 0 Å². The minimum Gasteiger partial charge on any atom is -0.479 e. The van der Waals surface area contributed by atoms with Crippen molar-refractivity contribution in [3.63, 3.8) is 0 Å². The number of β-amino-alcohol motifs (C(OH)–C–C–N with tert-alkyl or cyclic N) is 2. The zero-order valence-corrected chi connectivity index (χ0v) is 10.0. The van der Waals surface area contributed by atoms with Gasteiger partial charge in [-0.05, 0) is 20.8 Å². The van der Waals surface area contributed by atoms with Crippen molar-refractivity contribution < 1.29 is 29.6 Å². The van der Waals surface area contributed by atoms with Gasteiger partial charge in [-0.3, -0.25) is 0 Å². The van der Waals surface area contributed by atoms with Gasteiger partial charge in [-0.2, -0.15) is 0 Å². The highest BCUT2D eigenvalue weighted by Gasteiger charge is 2.52. The number of carboxylic acid groups (broad SMARTS) is 1. The predicted molar refractivity (Wildman–Crippen MR) is 56.4 cm³/mol. The Kier molecular flexibility index (Phi) is 3.35. The molecular weight excluding hydrogens is 230 g/mol. The second-order valence-corrected chi connectivity index (χ2v) is 5.11. The van der Waals surface area contributed by atoms with Crippen LogP contribution in [0.3, 0.4) is 0 Å². The van der Waals surface area contributed by atoms with E-state index in [0.717, 1.165) is 4.90 Å². The number of ether oxygens (including phenoxy) is 1. The van der Waals surface area contributed by atoms with Crippen LogP contribution >= 0.6 is 0 Å². The summed E-state index contributed by atoms with van der Waals surface area (Å²) in [5.41, 5.74) is -3.04. The molecule has 1 heterocycles. The molecule has 1 aliphatic heterocycles. The summed E-state index contributed by atoms with van der Waals surface area (Å²) in [6.45, 7) is 4.25. The van der Waals surface area contributed by atoms with E-state index >= 15 is 0 Å². The number of rotatable bonds is 1. The van der Waals surface area contributed by atoms with E-state index in [1.165, 1.54) is 0 Å². The maximum absolute atomic E-state index is 11.6. The number of aliphatic hydroxyl groups excluding tert-OH is 1. The first kappa shape index (κ1) is 13.7. The molecule has 1 amide bonds. The number of carbonyl (C=O) groups excluding carboxylic acids is 1. The van der Waals surface area contributed by atoms with Crippen LogP contribution in [0.4, 0.5) is 4.79 Å². The highest BCUT2D eigenvalue weighted by molar-refractivity contribution is 5.81. The summed E-state index contributed by atoms with van der Waals surface area (Å²) in [6, 6.07) is 0. The first-order valence-corrected chi connectivity index (χ1v) is 5.18. The molecule has 0 saturated carbocycles. The fraction of sp³-hybridized carbons (Fsp3) is 0.800. The highest BCUT2D eigenvalue weighted by Crippen LogP contribution is 2.24. The van der Waals surface area contributed by atoms with Gasteiger partial charge < -0.3 is 25.0 Å². The van der Waals surface area contributed by atoms with Gasteiger partial charge in [0.15, 0.2) is 0 Å². The Morgan fingerprint density at radius 2 is 1.94 bits per heavy atom. The number of aliphatic hydroxyl groups is 2. The number of hydrogen-bond donors (Lipinski definition) is 3. The van der Waals surface area contributed by atoms with Crippen molar-refractivity contribution in [2.45, 2.75) is 38.1 Å². The van der Waals surface area contributed by atoms with E-state index in [2.05, 4.69) is 0 Å². The number of carboxylic acids is 1. The molecule has 1 aliphatic rings. The Morgan fingerprint density at radius 3 is 2.29 bits per heavy atom. The lowest BCUT2D eigenvalue weighted by Gasteiger charge is -2.24. The van der Waals surface area contributed by atoms with Crippen LogP contribution in [0.15, 0.2) is 0 Å². The molecule has 98 valence electrons. The van der Waals surface area contributed by atoms with E-state index in [-0.39, 0.29) is 6.54 Å². The van der Waals surface area contributed by atoms with E-state index in [0.29, 0.717) is 0 Å². The van der Waals surface area contributed by atoms with E-state index in [4.69, 9.17) is 9.84 Å². The summed E-state index contributed by atoms with van der Waals surface area (Å²) in [5.74, 6) is -1.56. The first-order chi connectivity index (χ1) is 7.56. The third-order valence-electron chi connectivity index (χ3n) is 2.40. The monoisotopic (exact) mass is 247 g/mol. The quantitative estimate of drug-likeness (QED) is 0.572. The molecule has 0 aliphatic carbocycles. The standard InChI is InChI=1S/C10H17NO6/c1-9(2,3)17-8(15)11-4-6(12)10(16,5-11)7(13)14/h6,12,16H,4-5H2,1-3H3,(H,13,14)/t6-,10+/m1/s1. The second-order valence-electron chi connectivity index (χ2n) is 5.11. The summed E-state index contributed by atoms with van der Waals surface area (Å²) >= 11 is 0. The third kappa shape index (κ3) is 2.86. The smallest absolute Gasteiger partial charge is 0.410 e. The van der Waals surface area contributed by atoms with Crippen molar-refractivity contribution in [2.75, 3.05) is 13.1 Å². The van der Waals surface area contributed by atoms with Crippen molar-refractivity contribution >= 4 is 12.1 Å². The van der Waals surface area contributed by atoms with Gasteiger partial charge in [0.05, 0.1) is 13.1 Å². The number of hydrogen-bond acceptors (Lipinski definition) is 5. The minimum atomic E-state index is -2.32. The second kappa shape index (κ2) is 4.15. The number of nitrogens with zero attached hydrogens (tertiary/aromatic N) is 1. The molecule has 0 bridgehead atoms. The van der Waals surface area contributed by atoms with Crippen molar-refractivity contribution in [3.8, 4) is 0 Å². The topological polar surface area (TPSA) is 107 Å². The van der Waals surface area contributed by atoms with E-state index in [1.807, 2.05) is 0 Å². The molecule has 3 N–H and O–H groups in total. The normalized spacial score (nSPS) is 29.2. The van der Waals surface area contributed by atoms with E-state index in [9.17, 15) is 19.8 Å². The molecule has 17 heavy (non-hydrogen) atoms. The molecular formula is C10H17NO6. The summed E-state index contributed by atoms with van der Waals surface area (Å²) in [4.78, 5) is 23.4. The highest BCUT2D eigenvalue weighted by atomic mass is 16.6. The Balaban J connectivity index is 2.73. The summed E-state index contributed by atoms with van der Waals surface area (Å²) in [7, 11) is 0. The van der Waals surface area contributed by atoms with Crippen LogP contribution in [0.1, 0.15) is 20.8 Å². The SMILES string of the molecule is CC(C)(C)OC(=O)N1C[C@@H](O)[C@](O)(C(=O)O)C1. The third-order valence-corrected chi connectivity index (χ3v) is 2.40. The largest absolute Gasteiger partial charge is 0.479 e. The Morgan fingerprint density at radius 1 is 1.41 bits per heavy atom. The average molecular weight is 247 g/mol. The zero-order chi connectivity index (χ0) is 13.4. The number of carbonyl (C=O) groups is 2. The summed E-state index contributed by atoms with van der Waals surface area (Å²) < 4.78 is 5.01.